The van der Waals surface area contributed by atoms with E-state index in [2.05, 4.69) is 15.1 Å². The topological polar surface area (TPSA) is 35.6 Å². The summed E-state index contributed by atoms with van der Waals surface area (Å²) in [6.07, 6.45) is 0.938. The third-order valence-corrected chi connectivity index (χ3v) is 5.27. The first-order valence-electron chi connectivity index (χ1n) is 9.61. The Kier molecular flexibility index (Phi) is 6.45. The molecule has 2 aromatic rings. The van der Waals surface area contributed by atoms with Gasteiger partial charge in [0.2, 0.25) is 0 Å². The molecule has 0 bridgehead atoms. The van der Waals surface area contributed by atoms with Crippen molar-refractivity contribution in [3.8, 4) is 0 Å². The molecule has 1 aliphatic heterocycles. The van der Waals surface area contributed by atoms with Crippen molar-refractivity contribution >= 4 is 11.6 Å². The zero-order valence-electron chi connectivity index (χ0n) is 16.2. The summed E-state index contributed by atoms with van der Waals surface area (Å²) in [5.41, 5.74) is 4.15. The number of carbonyl (C=O) groups is 1. The number of piperazine rings is 1. The van der Waals surface area contributed by atoms with Gasteiger partial charge >= 0.3 is 0 Å². The number of benzene rings is 2. The lowest BCUT2D eigenvalue weighted by Crippen LogP contribution is -2.47. The Morgan fingerprint density at radius 3 is 2.37 bits per heavy atom. The Bertz CT molecular complexity index is 768. The van der Waals surface area contributed by atoms with E-state index >= 15 is 0 Å². The highest BCUT2D eigenvalue weighted by atomic mass is 19.1. The fraction of sp³-hybridized carbons (Fsp3) is 0.409. The van der Waals surface area contributed by atoms with Crippen LogP contribution in [0.5, 0.6) is 0 Å². The van der Waals surface area contributed by atoms with Crippen molar-refractivity contribution in [2.75, 3.05) is 44.2 Å². The van der Waals surface area contributed by atoms with Crippen LogP contribution in [0.3, 0.4) is 0 Å². The predicted octanol–water partition coefficient (Wildman–Crippen LogP) is 3.38. The zero-order valence-corrected chi connectivity index (χ0v) is 16.2. The average Bonchev–Trinajstić information content (AvgIpc) is 2.68. The van der Waals surface area contributed by atoms with Crippen LogP contribution >= 0.6 is 0 Å². The third kappa shape index (κ3) is 5.30. The molecular weight excluding hydrogens is 341 g/mol. The van der Waals surface area contributed by atoms with E-state index in [1.807, 2.05) is 44.2 Å². The van der Waals surface area contributed by atoms with Gasteiger partial charge in [-0.25, -0.2) is 4.39 Å². The molecule has 144 valence electrons. The number of anilines is 1. The van der Waals surface area contributed by atoms with Crippen molar-refractivity contribution in [1.29, 1.82) is 0 Å². The number of carbonyl (C=O) groups excluding carboxylic acids is 1. The van der Waals surface area contributed by atoms with Crippen molar-refractivity contribution in [1.82, 2.24) is 10.2 Å². The monoisotopic (exact) mass is 369 g/mol. The second kappa shape index (κ2) is 9.00. The molecule has 0 spiro atoms. The second-order valence-electron chi connectivity index (χ2n) is 7.21. The van der Waals surface area contributed by atoms with Gasteiger partial charge in [0.1, 0.15) is 5.82 Å². The van der Waals surface area contributed by atoms with Gasteiger partial charge in [0.25, 0.3) is 5.91 Å². The van der Waals surface area contributed by atoms with Crippen LogP contribution in [0.2, 0.25) is 0 Å². The van der Waals surface area contributed by atoms with Gasteiger partial charge in [0.15, 0.2) is 0 Å². The molecule has 0 aromatic heterocycles. The van der Waals surface area contributed by atoms with E-state index < -0.39 is 0 Å². The number of hydrogen-bond acceptors (Lipinski definition) is 3. The fourth-order valence-corrected chi connectivity index (χ4v) is 3.37. The maximum Gasteiger partial charge on any atom is 0.251 e. The normalized spacial score (nSPS) is 15.0. The van der Waals surface area contributed by atoms with Crippen LogP contribution in [0.4, 0.5) is 10.1 Å². The highest BCUT2D eigenvalue weighted by Gasteiger charge is 2.17. The lowest BCUT2D eigenvalue weighted by molar-refractivity contribution is 0.0951. The number of amides is 1. The minimum Gasteiger partial charge on any atom is -0.369 e. The van der Waals surface area contributed by atoms with E-state index in [0.717, 1.165) is 56.0 Å². The smallest absolute Gasteiger partial charge is 0.251 e. The van der Waals surface area contributed by atoms with Gasteiger partial charge in [0.05, 0.1) is 0 Å². The molecule has 3 rings (SSSR count). The van der Waals surface area contributed by atoms with Crippen molar-refractivity contribution in [2.45, 2.75) is 20.3 Å². The van der Waals surface area contributed by atoms with Gasteiger partial charge < -0.3 is 10.2 Å². The highest BCUT2D eigenvalue weighted by molar-refractivity contribution is 5.94. The van der Waals surface area contributed by atoms with E-state index in [-0.39, 0.29) is 11.7 Å². The Hall–Kier alpha value is -2.40. The first-order chi connectivity index (χ1) is 13.0. The molecule has 1 saturated heterocycles. The molecule has 4 nitrogen and oxygen atoms in total. The van der Waals surface area contributed by atoms with Gasteiger partial charge in [-0.2, -0.15) is 0 Å². The maximum absolute atomic E-state index is 13.0. The molecule has 2 aromatic carbocycles. The van der Waals surface area contributed by atoms with Crippen molar-refractivity contribution in [2.24, 2.45) is 0 Å². The molecular formula is C22H28FN3O. The van der Waals surface area contributed by atoms with E-state index in [4.69, 9.17) is 0 Å². The predicted molar refractivity (Wildman–Crippen MR) is 108 cm³/mol. The Morgan fingerprint density at radius 2 is 1.70 bits per heavy atom. The second-order valence-corrected chi connectivity index (χ2v) is 7.21. The van der Waals surface area contributed by atoms with Crippen LogP contribution in [0, 0.1) is 19.7 Å². The van der Waals surface area contributed by atoms with E-state index in [1.165, 1.54) is 17.7 Å². The Morgan fingerprint density at radius 1 is 1.00 bits per heavy atom. The largest absolute Gasteiger partial charge is 0.369 e. The van der Waals surface area contributed by atoms with E-state index in [9.17, 15) is 9.18 Å². The molecule has 1 fully saturated rings. The molecule has 0 radical (unpaired) electrons. The van der Waals surface area contributed by atoms with Gasteiger partial charge in [-0.1, -0.05) is 6.07 Å². The summed E-state index contributed by atoms with van der Waals surface area (Å²) in [5.74, 6) is -0.195. The molecule has 1 aliphatic rings. The molecule has 0 saturated carbocycles. The first kappa shape index (κ1) is 19.4. The number of halogens is 1. The Labute approximate surface area is 161 Å². The number of aryl methyl sites for hydroxylation is 2. The van der Waals surface area contributed by atoms with Crippen LogP contribution in [-0.2, 0) is 0 Å². The van der Waals surface area contributed by atoms with E-state index in [0.29, 0.717) is 6.54 Å². The SMILES string of the molecule is Cc1ccc(C(=O)NCCCN2CCN(c3ccc(F)cc3)CC2)cc1C. The van der Waals surface area contributed by atoms with E-state index in [1.54, 1.807) is 0 Å². The average molecular weight is 369 g/mol. The number of nitrogens with one attached hydrogen (secondary N) is 1. The zero-order chi connectivity index (χ0) is 19.2. The fourth-order valence-electron chi connectivity index (χ4n) is 3.37. The van der Waals surface area contributed by atoms with Crippen molar-refractivity contribution < 1.29 is 9.18 Å². The summed E-state index contributed by atoms with van der Waals surface area (Å²) in [6, 6.07) is 12.5. The molecule has 1 amide bonds. The van der Waals surface area contributed by atoms with Crippen LogP contribution in [0.25, 0.3) is 0 Å². The van der Waals surface area contributed by atoms with Gasteiger partial charge in [0, 0.05) is 44.0 Å². The van der Waals surface area contributed by atoms with Crippen LogP contribution in [-0.4, -0.2) is 50.1 Å². The standard InChI is InChI=1S/C22H28FN3O/c1-17-4-5-19(16-18(17)2)22(27)24-10-3-11-25-12-14-26(15-13-25)21-8-6-20(23)7-9-21/h4-9,16H,3,10-15H2,1-2H3,(H,24,27). The molecule has 1 heterocycles. The highest BCUT2D eigenvalue weighted by Crippen LogP contribution is 2.17. The van der Waals surface area contributed by atoms with Gasteiger partial charge in [-0.3, -0.25) is 9.69 Å². The number of rotatable bonds is 6. The minimum atomic E-state index is -0.194. The molecule has 5 heteroatoms. The van der Waals surface area contributed by atoms with Crippen molar-refractivity contribution in [3.63, 3.8) is 0 Å². The summed E-state index contributed by atoms with van der Waals surface area (Å²) in [6.45, 7) is 9.60. The first-order valence-corrected chi connectivity index (χ1v) is 9.61. The summed E-state index contributed by atoms with van der Waals surface area (Å²) in [4.78, 5) is 16.9. The summed E-state index contributed by atoms with van der Waals surface area (Å²) in [5, 5.41) is 3.01. The summed E-state index contributed by atoms with van der Waals surface area (Å²) in [7, 11) is 0. The summed E-state index contributed by atoms with van der Waals surface area (Å²) < 4.78 is 13.0. The van der Waals surface area contributed by atoms with Crippen molar-refractivity contribution in [3.05, 3.63) is 65.0 Å². The molecule has 0 aliphatic carbocycles. The van der Waals surface area contributed by atoms with Crippen LogP contribution < -0.4 is 10.2 Å². The maximum atomic E-state index is 13.0. The molecule has 27 heavy (non-hydrogen) atoms. The number of hydrogen-bond donors (Lipinski definition) is 1. The third-order valence-electron chi connectivity index (χ3n) is 5.27. The van der Waals surface area contributed by atoms with Gasteiger partial charge in [-0.15, -0.1) is 0 Å². The minimum absolute atomic E-state index is 0.000714. The van der Waals surface area contributed by atoms with Crippen LogP contribution in [0.15, 0.2) is 42.5 Å². The lowest BCUT2D eigenvalue weighted by Gasteiger charge is -2.36. The lowest BCUT2D eigenvalue weighted by atomic mass is 10.1. The Balaban J connectivity index is 1.36. The van der Waals surface area contributed by atoms with Crippen LogP contribution in [0.1, 0.15) is 27.9 Å². The molecule has 1 N–H and O–H groups in total. The summed E-state index contributed by atoms with van der Waals surface area (Å²) >= 11 is 0. The quantitative estimate of drug-likeness (QED) is 0.793. The molecule has 0 unspecified atom stereocenters. The number of nitrogens with zero attached hydrogens (tertiary/aromatic N) is 2. The van der Waals surface area contributed by atoms with Gasteiger partial charge in [-0.05, 0) is 74.3 Å². The molecule has 0 atom stereocenters.